The molecule has 0 radical (unpaired) electrons. The second-order valence-corrected chi connectivity index (χ2v) is 8.51. The molecule has 190 valence electrons. The maximum atomic E-state index is 13.5. The van der Waals surface area contributed by atoms with E-state index in [9.17, 15) is 23.6 Å². The Kier molecular flexibility index (Phi) is 5.99. The highest BCUT2D eigenvalue weighted by atomic mass is 19.1. The molecule has 0 saturated carbocycles. The van der Waals surface area contributed by atoms with Crippen LogP contribution in [0.4, 0.5) is 4.39 Å². The molecule has 0 fully saturated rings. The Hall–Kier alpha value is -4.88. The molecule has 0 aliphatic heterocycles. The molecule has 0 spiro atoms. The third kappa shape index (κ3) is 4.32. The van der Waals surface area contributed by atoms with Crippen molar-refractivity contribution in [2.24, 2.45) is 14.1 Å². The van der Waals surface area contributed by atoms with Gasteiger partial charge >= 0.3 is 5.69 Å². The fourth-order valence-electron chi connectivity index (χ4n) is 4.13. The maximum Gasteiger partial charge on any atom is 0.332 e. The van der Waals surface area contributed by atoms with Gasteiger partial charge in [-0.15, -0.1) is 0 Å². The van der Waals surface area contributed by atoms with Crippen molar-refractivity contribution in [2.75, 3.05) is 6.54 Å². The van der Waals surface area contributed by atoms with Crippen molar-refractivity contribution in [1.82, 2.24) is 43.3 Å². The molecule has 14 heteroatoms. The lowest BCUT2D eigenvalue weighted by Crippen LogP contribution is -2.38. The summed E-state index contributed by atoms with van der Waals surface area (Å²) < 4.78 is 19.9. The van der Waals surface area contributed by atoms with Crippen LogP contribution in [0.25, 0.3) is 22.2 Å². The fraction of sp³-hybridized carbons (Fsp3) is 0.261. The third-order valence-electron chi connectivity index (χ3n) is 6.04. The van der Waals surface area contributed by atoms with Crippen LogP contribution in [0.2, 0.25) is 0 Å². The van der Waals surface area contributed by atoms with E-state index in [1.807, 2.05) is 0 Å². The molecule has 1 amide bonds. The van der Waals surface area contributed by atoms with Crippen molar-refractivity contribution in [2.45, 2.75) is 19.6 Å². The summed E-state index contributed by atoms with van der Waals surface area (Å²) in [7, 11) is 2.86. The number of aromatic nitrogens is 8. The zero-order chi connectivity index (χ0) is 26.3. The first-order valence-electron chi connectivity index (χ1n) is 11.3. The topological polar surface area (TPSA) is 144 Å². The van der Waals surface area contributed by atoms with Gasteiger partial charge in [-0.3, -0.25) is 28.1 Å². The first-order chi connectivity index (χ1) is 17.7. The number of nitrogens with zero attached hydrogens (tertiary/aromatic N) is 8. The summed E-state index contributed by atoms with van der Waals surface area (Å²) in [6.07, 6.45) is 4.13. The molecule has 4 aromatic heterocycles. The predicted octanol–water partition coefficient (Wildman–Crippen LogP) is -0.656. The second kappa shape index (κ2) is 9.29. The molecule has 0 unspecified atom stereocenters. The Morgan fingerprint density at radius 1 is 1.00 bits per heavy atom. The highest BCUT2D eigenvalue weighted by Gasteiger charge is 2.16. The molecular weight excluding hydrogens is 485 g/mol. The van der Waals surface area contributed by atoms with E-state index in [0.29, 0.717) is 16.6 Å². The molecule has 5 rings (SSSR count). The summed E-state index contributed by atoms with van der Waals surface area (Å²) in [6.45, 7) is 0.428. The highest BCUT2D eigenvalue weighted by molar-refractivity contribution is 5.79. The van der Waals surface area contributed by atoms with Gasteiger partial charge in [0.25, 0.3) is 11.1 Å². The van der Waals surface area contributed by atoms with E-state index in [2.05, 4.69) is 20.4 Å². The lowest BCUT2D eigenvalue weighted by atomic mass is 10.2. The van der Waals surface area contributed by atoms with Crippen LogP contribution in [0.1, 0.15) is 5.56 Å². The predicted molar refractivity (Wildman–Crippen MR) is 131 cm³/mol. The number of nitrogens with one attached hydrogen (secondary N) is 1. The van der Waals surface area contributed by atoms with Gasteiger partial charge in [-0.05, 0) is 17.7 Å². The smallest absolute Gasteiger partial charge is 0.332 e. The van der Waals surface area contributed by atoms with Crippen molar-refractivity contribution in [3.05, 3.63) is 85.7 Å². The minimum Gasteiger partial charge on any atom is -0.353 e. The molecule has 0 saturated heterocycles. The van der Waals surface area contributed by atoms with Gasteiger partial charge in [-0.25, -0.2) is 23.8 Å². The van der Waals surface area contributed by atoms with E-state index in [1.165, 1.54) is 63.5 Å². The lowest BCUT2D eigenvalue weighted by molar-refractivity contribution is -0.121. The zero-order valence-electron chi connectivity index (χ0n) is 20.0. The van der Waals surface area contributed by atoms with Crippen LogP contribution >= 0.6 is 0 Å². The molecule has 1 N–H and O–H groups in total. The number of hydrogen-bond donors (Lipinski definition) is 1. The van der Waals surface area contributed by atoms with E-state index in [4.69, 9.17) is 0 Å². The average molecular weight is 507 g/mol. The number of carbonyl (C=O) groups is 1. The molecule has 37 heavy (non-hydrogen) atoms. The molecule has 0 aliphatic carbocycles. The number of benzene rings is 1. The van der Waals surface area contributed by atoms with Crippen molar-refractivity contribution in [3.8, 4) is 0 Å². The van der Waals surface area contributed by atoms with Crippen LogP contribution in [0.3, 0.4) is 0 Å². The number of amides is 1. The number of imidazole rings is 1. The van der Waals surface area contributed by atoms with Crippen molar-refractivity contribution < 1.29 is 9.18 Å². The van der Waals surface area contributed by atoms with Crippen molar-refractivity contribution >= 4 is 28.1 Å². The maximum absolute atomic E-state index is 13.5. The Bertz CT molecular complexity index is 1840. The molecule has 0 atom stereocenters. The lowest BCUT2D eigenvalue weighted by Gasteiger charge is -2.09. The number of aryl methyl sites for hydroxylation is 1. The SMILES string of the molecule is Cn1c(=O)c2c(ncn2CC(=O)NCCn2ncc3c(=O)n(Cc4cccc(F)c4)cnc32)n(C)c1=O. The van der Waals surface area contributed by atoms with Gasteiger partial charge in [-0.2, -0.15) is 5.10 Å². The van der Waals surface area contributed by atoms with E-state index in [-0.39, 0.29) is 54.6 Å². The first-order valence-corrected chi connectivity index (χ1v) is 11.3. The average Bonchev–Trinajstić information content (AvgIpc) is 3.48. The number of fused-ring (bicyclic) bond motifs is 2. The minimum atomic E-state index is -0.541. The van der Waals surface area contributed by atoms with Gasteiger partial charge in [0, 0.05) is 20.6 Å². The molecule has 0 aliphatic rings. The summed E-state index contributed by atoms with van der Waals surface area (Å²) in [6, 6.07) is 5.98. The third-order valence-corrected chi connectivity index (χ3v) is 6.04. The van der Waals surface area contributed by atoms with Crippen LogP contribution in [0.15, 0.2) is 57.5 Å². The summed E-state index contributed by atoms with van der Waals surface area (Å²) >= 11 is 0. The van der Waals surface area contributed by atoms with Crippen LogP contribution in [-0.4, -0.2) is 50.5 Å². The van der Waals surface area contributed by atoms with Gasteiger partial charge < -0.3 is 9.88 Å². The molecule has 5 aromatic rings. The Morgan fingerprint density at radius 3 is 2.54 bits per heavy atom. The van der Waals surface area contributed by atoms with E-state index in [0.717, 1.165) is 4.57 Å². The van der Waals surface area contributed by atoms with E-state index in [1.54, 1.807) is 12.1 Å². The summed E-state index contributed by atoms with van der Waals surface area (Å²) in [5.41, 5.74) is -0.0283. The van der Waals surface area contributed by atoms with Gasteiger partial charge in [0.1, 0.15) is 24.1 Å². The summed E-state index contributed by atoms with van der Waals surface area (Å²) in [5.74, 6) is -0.763. The second-order valence-electron chi connectivity index (χ2n) is 8.51. The Balaban J connectivity index is 1.26. The summed E-state index contributed by atoms with van der Waals surface area (Å²) in [5, 5.41) is 7.25. The molecule has 4 heterocycles. The number of carbonyl (C=O) groups excluding carboxylic acids is 1. The molecule has 13 nitrogen and oxygen atoms in total. The van der Waals surface area contributed by atoms with Crippen molar-refractivity contribution in [3.63, 3.8) is 0 Å². The van der Waals surface area contributed by atoms with Crippen LogP contribution in [0, 0.1) is 5.82 Å². The Morgan fingerprint density at radius 2 is 1.76 bits per heavy atom. The number of halogens is 1. The first kappa shape index (κ1) is 23.8. The fourth-order valence-corrected chi connectivity index (χ4v) is 4.13. The zero-order valence-corrected chi connectivity index (χ0v) is 20.0. The van der Waals surface area contributed by atoms with E-state index >= 15 is 0 Å². The number of hydrogen-bond acceptors (Lipinski definition) is 7. The van der Waals surface area contributed by atoms with Gasteiger partial charge in [0.2, 0.25) is 5.91 Å². The monoisotopic (exact) mass is 507 g/mol. The molecular formula is C23H22FN9O4. The van der Waals surface area contributed by atoms with E-state index < -0.39 is 11.2 Å². The Labute approximate surface area is 207 Å². The summed E-state index contributed by atoms with van der Waals surface area (Å²) in [4.78, 5) is 58.4. The largest absolute Gasteiger partial charge is 0.353 e. The molecule has 0 bridgehead atoms. The normalized spacial score (nSPS) is 11.4. The van der Waals surface area contributed by atoms with Crippen molar-refractivity contribution in [1.29, 1.82) is 0 Å². The highest BCUT2D eigenvalue weighted by Crippen LogP contribution is 2.09. The van der Waals surface area contributed by atoms with Gasteiger partial charge in [0.05, 0.1) is 25.6 Å². The minimum absolute atomic E-state index is 0.150. The molecule has 1 aromatic carbocycles. The van der Waals surface area contributed by atoms with Gasteiger partial charge in [0.15, 0.2) is 16.8 Å². The van der Waals surface area contributed by atoms with Crippen LogP contribution in [0.5, 0.6) is 0 Å². The van der Waals surface area contributed by atoms with Crippen LogP contribution < -0.4 is 22.1 Å². The van der Waals surface area contributed by atoms with Gasteiger partial charge in [-0.1, -0.05) is 12.1 Å². The van der Waals surface area contributed by atoms with Crippen LogP contribution in [-0.2, 0) is 38.5 Å². The standard InChI is InChI=1S/C23H22FN9O4/c1-29-20-18(22(36)30(2)23(29)37)31(12-27-20)11-17(34)25-6-7-33-19-16(9-28-33)21(35)32(13-26-19)10-14-4-3-5-15(24)8-14/h3-5,8-9,12-13H,6-7,10-11H2,1-2H3,(H,25,34). The quantitative estimate of drug-likeness (QED) is 0.308. The number of rotatable bonds is 7.